The first-order chi connectivity index (χ1) is 10.7. The van der Waals surface area contributed by atoms with E-state index < -0.39 is 11.5 Å². The quantitative estimate of drug-likeness (QED) is 0.921. The molecule has 0 aliphatic heterocycles. The van der Waals surface area contributed by atoms with Crippen LogP contribution in [-0.4, -0.2) is 21.7 Å². The van der Waals surface area contributed by atoms with Crippen molar-refractivity contribution in [2.45, 2.75) is 31.6 Å². The van der Waals surface area contributed by atoms with Crippen molar-refractivity contribution < 1.29 is 14.6 Å². The minimum Gasteiger partial charge on any atom is -0.477 e. The molecule has 1 aliphatic rings. The van der Waals surface area contributed by atoms with Gasteiger partial charge in [0.15, 0.2) is 0 Å². The Balaban J connectivity index is 1.72. The molecule has 3 rings (SSSR count). The van der Waals surface area contributed by atoms with Gasteiger partial charge >= 0.3 is 5.97 Å². The van der Waals surface area contributed by atoms with Gasteiger partial charge in [-0.2, -0.15) is 0 Å². The first kappa shape index (κ1) is 14.5. The second-order valence-corrected chi connectivity index (χ2v) is 5.42. The summed E-state index contributed by atoms with van der Waals surface area (Å²) in [5.41, 5.74) is 0.420. The maximum absolute atomic E-state index is 12.2. The third kappa shape index (κ3) is 2.80. The summed E-state index contributed by atoms with van der Waals surface area (Å²) in [7, 11) is 0. The van der Waals surface area contributed by atoms with Crippen LogP contribution in [0.4, 0.5) is 0 Å². The third-order valence-electron chi connectivity index (χ3n) is 4.05. The molecule has 0 saturated heterocycles. The molecule has 1 fully saturated rings. The van der Waals surface area contributed by atoms with Crippen LogP contribution in [0.5, 0.6) is 0 Å². The lowest BCUT2D eigenvalue weighted by Crippen LogP contribution is -2.42. The monoisotopic (exact) mass is 299 g/mol. The number of carboxylic acids is 1. The Morgan fingerprint density at radius 1 is 1.18 bits per heavy atom. The van der Waals surface area contributed by atoms with Crippen LogP contribution in [0.1, 0.15) is 34.8 Å². The second-order valence-electron chi connectivity index (χ2n) is 5.42. The van der Waals surface area contributed by atoms with Crippen LogP contribution in [0.25, 0.3) is 0 Å². The van der Waals surface area contributed by atoms with E-state index in [1.165, 1.54) is 10.6 Å². The summed E-state index contributed by atoms with van der Waals surface area (Å²) in [4.78, 5) is 23.2. The van der Waals surface area contributed by atoms with Gasteiger partial charge in [-0.15, -0.1) is 0 Å². The summed E-state index contributed by atoms with van der Waals surface area (Å²) in [5, 5.41) is 9.04. The van der Waals surface area contributed by atoms with E-state index in [2.05, 4.69) is 0 Å². The van der Waals surface area contributed by atoms with E-state index in [0.29, 0.717) is 6.61 Å². The standard InChI is InChI=1S/C17H17NO4/c19-16-13(17(20)21)7-4-10-18(16)14-8-9-15(14)22-11-12-5-2-1-3-6-12/h1-7,10,14-15H,8-9,11H2,(H,20,21). The lowest BCUT2D eigenvalue weighted by molar-refractivity contribution is -0.0504. The highest BCUT2D eigenvalue weighted by molar-refractivity contribution is 5.86. The van der Waals surface area contributed by atoms with E-state index in [1.54, 1.807) is 12.3 Å². The predicted molar refractivity (Wildman–Crippen MR) is 81.0 cm³/mol. The van der Waals surface area contributed by atoms with Crippen LogP contribution in [0.15, 0.2) is 53.5 Å². The molecular formula is C17H17NO4. The highest BCUT2D eigenvalue weighted by Gasteiger charge is 2.34. The van der Waals surface area contributed by atoms with Gasteiger partial charge < -0.3 is 14.4 Å². The van der Waals surface area contributed by atoms with Gasteiger partial charge in [-0.25, -0.2) is 4.79 Å². The smallest absolute Gasteiger partial charge is 0.341 e. The zero-order valence-corrected chi connectivity index (χ0v) is 12.0. The van der Waals surface area contributed by atoms with Gasteiger partial charge in [-0.05, 0) is 30.5 Å². The zero-order valence-electron chi connectivity index (χ0n) is 12.0. The van der Waals surface area contributed by atoms with Crippen molar-refractivity contribution in [3.05, 3.63) is 70.1 Å². The summed E-state index contributed by atoms with van der Waals surface area (Å²) in [6.07, 6.45) is 3.28. The molecule has 1 aliphatic carbocycles. The molecule has 0 bridgehead atoms. The number of rotatable bonds is 5. The average Bonchev–Trinajstić information content (AvgIpc) is 2.49. The highest BCUT2D eigenvalue weighted by atomic mass is 16.5. The minimum absolute atomic E-state index is 0.0537. The van der Waals surface area contributed by atoms with Gasteiger partial charge in [0, 0.05) is 6.20 Å². The molecule has 1 N–H and O–H groups in total. The molecule has 1 saturated carbocycles. The topological polar surface area (TPSA) is 68.5 Å². The zero-order chi connectivity index (χ0) is 15.5. The maximum Gasteiger partial charge on any atom is 0.341 e. The number of carboxylic acid groups (broad SMARTS) is 1. The lowest BCUT2D eigenvalue weighted by atomic mass is 9.88. The van der Waals surface area contributed by atoms with Crippen molar-refractivity contribution in [1.29, 1.82) is 0 Å². The van der Waals surface area contributed by atoms with E-state index in [1.807, 2.05) is 30.3 Å². The number of ether oxygens (including phenoxy) is 1. The minimum atomic E-state index is -1.19. The lowest BCUT2D eigenvalue weighted by Gasteiger charge is -2.37. The molecule has 114 valence electrons. The predicted octanol–water partition coefficient (Wildman–Crippen LogP) is 2.47. The second kappa shape index (κ2) is 6.15. The van der Waals surface area contributed by atoms with Crippen LogP contribution < -0.4 is 5.56 Å². The Morgan fingerprint density at radius 3 is 2.59 bits per heavy atom. The van der Waals surface area contributed by atoms with E-state index in [-0.39, 0.29) is 17.7 Å². The molecule has 0 radical (unpaired) electrons. The summed E-state index contributed by atoms with van der Waals surface area (Å²) < 4.78 is 7.37. The Morgan fingerprint density at radius 2 is 1.95 bits per heavy atom. The number of hydrogen-bond acceptors (Lipinski definition) is 3. The SMILES string of the molecule is O=C(O)c1cccn(C2CCC2OCc2ccccc2)c1=O. The van der Waals surface area contributed by atoms with Gasteiger partial charge in [-0.3, -0.25) is 4.79 Å². The molecule has 2 atom stereocenters. The molecule has 5 heteroatoms. The van der Waals surface area contributed by atoms with Gasteiger partial charge in [-0.1, -0.05) is 30.3 Å². The summed E-state index contributed by atoms with van der Waals surface area (Å²) in [5.74, 6) is -1.19. The number of aromatic nitrogens is 1. The number of pyridine rings is 1. The van der Waals surface area contributed by atoms with Crippen LogP contribution in [0, 0.1) is 0 Å². The van der Waals surface area contributed by atoms with Crippen LogP contribution >= 0.6 is 0 Å². The third-order valence-corrected chi connectivity index (χ3v) is 4.05. The summed E-state index contributed by atoms with van der Waals surface area (Å²) in [6, 6.07) is 12.7. The van der Waals surface area contributed by atoms with Crippen molar-refractivity contribution in [1.82, 2.24) is 4.57 Å². The van der Waals surface area contributed by atoms with Gasteiger partial charge in [0.1, 0.15) is 5.56 Å². The highest BCUT2D eigenvalue weighted by Crippen LogP contribution is 2.34. The van der Waals surface area contributed by atoms with Gasteiger partial charge in [0.2, 0.25) is 0 Å². The van der Waals surface area contributed by atoms with E-state index in [4.69, 9.17) is 9.84 Å². The number of hydrogen-bond donors (Lipinski definition) is 1. The molecule has 1 heterocycles. The van der Waals surface area contributed by atoms with Crippen molar-refractivity contribution >= 4 is 5.97 Å². The summed E-state index contributed by atoms with van der Waals surface area (Å²) in [6.45, 7) is 0.495. The molecule has 2 aromatic rings. The summed E-state index contributed by atoms with van der Waals surface area (Å²) >= 11 is 0. The van der Waals surface area contributed by atoms with Gasteiger partial charge in [0.05, 0.1) is 18.8 Å². The van der Waals surface area contributed by atoms with Crippen molar-refractivity contribution in [3.63, 3.8) is 0 Å². The molecule has 2 unspecified atom stereocenters. The fourth-order valence-corrected chi connectivity index (χ4v) is 2.68. The average molecular weight is 299 g/mol. The first-order valence-electron chi connectivity index (χ1n) is 7.27. The van der Waals surface area contributed by atoms with Crippen LogP contribution in [-0.2, 0) is 11.3 Å². The fourth-order valence-electron chi connectivity index (χ4n) is 2.68. The largest absolute Gasteiger partial charge is 0.477 e. The molecule has 1 aromatic heterocycles. The molecule has 0 amide bonds. The van der Waals surface area contributed by atoms with E-state index >= 15 is 0 Å². The molecule has 22 heavy (non-hydrogen) atoms. The molecule has 0 spiro atoms. The number of aromatic carboxylic acids is 1. The fraction of sp³-hybridized carbons (Fsp3) is 0.294. The molecule has 1 aromatic carbocycles. The Labute approximate surface area is 127 Å². The Hall–Kier alpha value is -2.40. The van der Waals surface area contributed by atoms with Crippen LogP contribution in [0.2, 0.25) is 0 Å². The van der Waals surface area contributed by atoms with Crippen molar-refractivity contribution in [2.24, 2.45) is 0 Å². The number of carbonyl (C=O) groups is 1. The molecule has 5 nitrogen and oxygen atoms in total. The van der Waals surface area contributed by atoms with Crippen molar-refractivity contribution in [2.75, 3.05) is 0 Å². The number of benzene rings is 1. The Kier molecular flexibility index (Phi) is 4.06. The van der Waals surface area contributed by atoms with Crippen molar-refractivity contribution in [3.8, 4) is 0 Å². The van der Waals surface area contributed by atoms with E-state index in [0.717, 1.165) is 18.4 Å². The Bertz CT molecular complexity index is 723. The molecular weight excluding hydrogens is 282 g/mol. The first-order valence-corrected chi connectivity index (χ1v) is 7.27. The maximum atomic E-state index is 12.2. The van der Waals surface area contributed by atoms with Crippen LogP contribution in [0.3, 0.4) is 0 Å². The van der Waals surface area contributed by atoms with Gasteiger partial charge in [0.25, 0.3) is 5.56 Å². The van der Waals surface area contributed by atoms with E-state index in [9.17, 15) is 9.59 Å². The normalized spacial score (nSPS) is 20.4. The number of nitrogens with zero attached hydrogens (tertiary/aromatic N) is 1.